The lowest BCUT2D eigenvalue weighted by Crippen LogP contribution is -2.35. The van der Waals surface area contributed by atoms with Gasteiger partial charge in [-0.25, -0.2) is 14.6 Å². The smallest absolute Gasteiger partial charge is 0.267 e. The number of anilines is 1. The summed E-state index contributed by atoms with van der Waals surface area (Å²) in [4.78, 5) is 20.8. The highest BCUT2D eigenvalue weighted by atomic mass is 16.5. The molecule has 0 radical (unpaired) electrons. The highest BCUT2D eigenvalue weighted by molar-refractivity contribution is 5.35. The van der Waals surface area contributed by atoms with Crippen LogP contribution in [-0.2, 0) is 17.8 Å². The number of hydrogen-bond acceptors (Lipinski definition) is 6. The molecule has 0 aromatic carbocycles. The van der Waals surface area contributed by atoms with Gasteiger partial charge in [-0.15, -0.1) is 0 Å². The van der Waals surface area contributed by atoms with E-state index in [0.717, 1.165) is 54.9 Å². The van der Waals surface area contributed by atoms with Crippen LogP contribution in [0.3, 0.4) is 0 Å². The van der Waals surface area contributed by atoms with Crippen molar-refractivity contribution in [3.63, 3.8) is 0 Å². The zero-order valence-electron chi connectivity index (χ0n) is 14.4. The van der Waals surface area contributed by atoms with Crippen LogP contribution in [0, 0.1) is 6.92 Å². The summed E-state index contributed by atoms with van der Waals surface area (Å²) in [5.41, 5.74) is 2.91. The van der Waals surface area contributed by atoms with Gasteiger partial charge >= 0.3 is 0 Å². The molecule has 0 amide bonds. The van der Waals surface area contributed by atoms with Gasteiger partial charge in [-0.2, -0.15) is 5.10 Å². The minimum Gasteiger partial charge on any atom is -0.376 e. The van der Waals surface area contributed by atoms with Gasteiger partial charge in [0.2, 0.25) is 0 Å². The van der Waals surface area contributed by atoms with Crippen molar-refractivity contribution < 1.29 is 4.74 Å². The third kappa shape index (κ3) is 3.56. The summed E-state index contributed by atoms with van der Waals surface area (Å²) in [5.74, 6) is 0.875. The predicted molar refractivity (Wildman–Crippen MR) is 93.5 cm³/mol. The molecular formula is C18H23N5O2. The monoisotopic (exact) mass is 341 g/mol. The summed E-state index contributed by atoms with van der Waals surface area (Å²) in [7, 11) is 0. The quantitative estimate of drug-likeness (QED) is 0.920. The zero-order valence-corrected chi connectivity index (χ0v) is 14.4. The number of aryl methyl sites for hydroxylation is 1. The van der Waals surface area contributed by atoms with Crippen molar-refractivity contribution in [2.24, 2.45) is 0 Å². The lowest BCUT2D eigenvalue weighted by molar-refractivity contribution is 0.107. The fourth-order valence-corrected chi connectivity index (χ4v) is 3.70. The maximum atomic E-state index is 12.4. The van der Waals surface area contributed by atoms with Crippen molar-refractivity contribution in [2.75, 3.05) is 11.9 Å². The van der Waals surface area contributed by atoms with Crippen LogP contribution < -0.4 is 10.9 Å². The van der Waals surface area contributed by atoms with E-state index in [4.69, 9.17) is 4.74 Å². The molecule has 7 nitrogen and oxygen atoms in total. The highest BCUT2D eigenvalue weighted by Crippen LogP contribution is 2.29. The highest BCUT2D eigenvalue weighted by Gasteiger charge is 2.25. The van der Waals surface area contributed by atoms with Crippen molar-refractivity contribution in [1.82, 2.24) is 19.7 Å². The molecule has 1 saturated carbocycles. The van der Waals surface area contributed by atoms with Crippen molar-refractivity contribution in [3.05, 3.63) is 45.8 Å². The normalized spacial score (nSPS) is 23.1. The number of nitrogens with zero attached hydrogens (tertiary/aromatic N) is 4. The Bertz CT molecular complexity index is 811. The Morgan fingerprint density at radius 2 is 2.04 bits per heavy atom. The molecule has 2 aliphatic rings. The molecule has 1 N–H and O–H groups in total. The van der Waals surface area contributed by atoms with Crippen LogP contribution in [0.4, 0.5) is 5.82 Å². The molecule has 3 heterocycles. The van der Waals surface area contributed by atoms with E-state index in [1.54, 1.807) is 17.1 Å². The first-order chi connectivity index (χ1) is 12.2. The lowest BCUT2D eigenvalue weighted by atomic mass is 9.91. The Balaban J connectivity index is 1.43. The Kier molecular flexibility index (Phi) is 4.48. The summed E-state index contributed by atoms with van der Waals surface area (Å²) in [6, 6.07) is 4.23. The van der Waals surface area contributed by atoms with E-state index in [1.165, 1.54) is 0 Å². The molecule has 132 valence electrons. The van der Waals surface area contributed by atoms with E-state index in [-0.39, 0.29) is 11.6 Å². The third-order valence-electron chi connectivity index (χ3n) is 5.06. The fourth-order valence-electron chi connectivity index (χ4n) is 3.70. The third-order valence-corrected chi connectivity index (χ3v) is 5.06. The Hall–Kier alpha value is -2.28. The van der Waals surface area contributed by atoms with Gasteiger partial charge in [-0.05, 0) is 32.6 Å². The van der Waals surface area contributed by atoms with Crippen LogP contribution >= 0.6 is 0 Å². The SMILES string of the molecule is Cc1cc(NC2CCC(n3nc4c(cc3=O)COCC4)CC2)ncn1. The van der Waals surface area contributed by atoms with Gasteiger partial charge in [0, 0.05) is 35.9 Å². The zero-order chi connectivity index (χ0) is 17.2. The molecule has 2 aromatic rings. The van der Waals surface area contributed by atoms with Gasteiger partial charge in [0.15, 0.2) is 0 Å². The second kappa shape index (κ2) is 6.92. The summed E-state index contributed by atoms with van der Waals surface area (Å²) in [6.45, 7) is 3.16. The molecule has 0 unspecified atom stereocenters. The maximum absolute atomic E-state index is 12.4. The van der Waals surface area contributed by atoms with Gasteiger partial charge < -0.3 is 10.1 Å². The molecule has 4 rings (SSSR count). The van der Waals surface area contributed by atoms with Gasteiger partial charge in [-0.1, -0.05) is 0 Å². The average Bonchev–Trinajstić information content (AvgIpc) is 2.62. The predicted octanol–water partition coefficient (Wildman–Crippen LogP) is 2.01. The first-order valence-electron chi connectivity index (χ1n) is 8.93. The molecular weight excluding hydrogens is 318 g/mol. The number of rotatable bonds is 3. The summed E-state index contributed by atoms with van der Waals surface area (Å²) in [5, 5.41) is 8.12. The minimum atomic E-state index is -0.00733. The second-order valence-electron chi connectivity index (χ2n) is 6.90. The van der Waals surface area contributed by atoms with E-state index in [0.29, 0.717) is 19.3 Å². The molecule has 1 aliphatic carbocycles. The van der Waals surface area contributed by atoms with Gasteiger partial charge in [-0.3, -0.25) is 4.79 Å². The van der Waals surface area contributed by atoms with Crippen LogP contribution in [-0.4, -0.2) is 32.4 Å². The first kappa shape index (κ1) is 16.2. The lowest BCUT2D eigenvalue weighted by Gasteiger charge is -2.30. The summed E-state index contributed by atoms with van der Waals surface area (Å²) >= 11 is 0. The summed E-state index contributed by atoms with van der Waals surface area (Å²) in [6.07, 6.45) is 6.28. The number of nitrogens with one attached hydrogen (secondary N) is 1. The van der Waals surface area contributed by atoms with E-state index in [1.807, 2.05) is 13.0 Å². The largest absolute Gasteiger partial charge is 0.376 e. The van der Waals surface area contributed by atoms with Crippen molar-refractivity contribution in [3.8, 4) is 0 Å². The minimum absolute atomic E-state index is 0.00733. The van der Waals surface area contributed by atoms with Crippen molar-refractivity contribution in [1.29, 1.82) is 0 Å². The Labute approximate surface area is 146 Å². The standard InChI is InChI=1S/C18H23N5O2/c1-12-8-17(20-11-19-12)21-14-2-4-15(5-3-14)23-18(24)9-13-10-25-7-6-16(13)22-23/h8-9,11,14-15H,2-7,10H2,1H3,(H,19,20,21). The average molecular weight is 341 g/mol. The molecule has 1 aliphatic heterocycles. The van der Waals surface area contributed by atoms with Crippen molar-refractivity contribution >= 4 is 5.82 Å². The van der Waals surface area contributed by atoms with Crippen molar-refractivity contribution in [2.45, 2.75) is 57.7 Å². The van der Waals surface area contributed by atoms with Gasteiger partial charge in [0.05, 0.1) is 24.9 Å². The number of fused-ring (bicyclic) bond motifs is 1. The maximum Gasteiger partial charge on any atom is 0.267 e. The first-order valence-corrected chi connectivity index (χ1v) is 8.93. The van der Waals surface area contributed by atoms with Gasteiger partial charge in [0.1, 0.15) is 12.1 Å². The Morgan fingerprint density at radius 1 is 1.20 bits per heavy atom. The topological polar surface area (TPSA) is 81.9 Å². The fraction of sp³-hybridized carbons (Fsp3) is 0.556. The molecule has 7 heteroatoms. The van der Waals surface area contributed by atoms with Crippen LogP contribution in [0.2, 0.25) is 0 Å². The van der Waals surface area contributed by atoms with Crippen LogP contribution in [0.1, 0.15) is 48.7 Å². The van der Waals surface area contributed by atoms with E-state index < -0.39 is 0 Å². The van der Waals surface area contributed by atoms with Gasteiger partial charge in [0.25, 0.3) is 5.56 Å². The molecule has 2 aromatic heterocycles. The number of aromatic nitrogens is 4. The summed E-state index contributed by atoms with van der Waals surface area (Å²) < 4.78 is 7.11. The molecule has 0 bridgehead atoms. The van der Waals surface area contributed by atoms with E-state index in [9.17, 15) is 4.79 Å². The molecule has 0 spiro atoms. The number of ether oxygens (including phenoxy) is 1. The van der Waals surface area contributed by atoms with E-state index >= 15 is 0 Å². The van der Waals surface area contributed by atoms with Crippen LogP contribution in [0.25, 0.3) is 0 Å². The number of hydrogen-bond donors (Lipinski definition) is 1. The molecule has 25 heavy (non-hydrogen) atoms. The molecule has 0 atom stereocenters. The molecule has 1 fully saturated rings. The van der Waals surface area contributed by atoms with Crippen LogP contribution in [0.5, 0.6) is 0 Å². The van der Waals surface area contributed by atoms with Crippen LogP contribution in [0.15, 0.2) is 23.3 Å². The molecule has 0 saturated heterocycles. The second-order valence-corrected chi connectivity index (χ2v) is 6.90. The van der Waals surface area contributed by atoms with E-state index in [2.05, 4.69) is 20.4 Å². The Morgan fingerprint density at radius 3 is 2.84 bits per heavy atom.